The number of nitrogens with one attached hydrogen (secondary N) is 2. The van der Waals surface area contributed by atoms with Gasteiger partial charge in [-0.05, 0) is 44.4 Å². The van der Waals surface area contributed by atoms with E-state index in [1.54, 1.807) is 6.92 Å². The van der Waals surface area contributed by atoms with Crippen molar-refractivity contribution in [3.8, 4) is 17.0 Å². The Bertz CT molecular complexity index is 918. The van der Waals surface area contributed by atoms with Gasteiger partial charge < -0.3 is 15.4 Å². The minimum Gasteiger partial charge on any atom is -0.479 e. The minimum atomic E-state index is -0.496. The molecule has 1 fully saturated rings. The largest absolute Gasteiger partial charge is 0.479 e. The van der Waals surface area contributed by atoms with Crippen LogP contribution in [0.2, 0.25) is 0 Å². The fraction of sp³-hybridized carbons (Fsp3) is 0.500. The maximum absolute atomic E-state index is 12.4. The molecule has 7 heteroatoms. The highest BCUT2D eigenvalue weighted by Crippen LogP contribution is 2.37. The van der Waals surface area contributed by atoms with Crippen molar-refractivity contribution >= 4 is 34.0 Å². The molecule has 2 heterocycles. The highest BCUT2D eigenvalue weighted by molar-refractivity contribution is 7.16. The molecule has 0 unspecified atom stereocenters. The van der Waals surface area contributed by atoms with Gasteiger partial charge in [0.15, 0.2) is 11.2 Å². The van der Waals surface area contributed by atoms with Crippen LogP contribution in [0, 0.1) is 12.8 Å². The van der Waals surface area contributed by atoms with Crippen LogP contribution in [0.4, 0.5) is 10.8 Å². The molecule has 1 aliphatic carbocycles. The number of rotatable bonds is 5. The van der Waals surface area contributed by atoms with Gasteiger partial charge in [-0.3, -0.25) is 9.59 Å². The Morgan fingerprint density at radius 3 is 2.90 bits per heavy atom. The lowest BCUT2D eigenvalue weighted by molar-refractivity contribution is -0.122. The molecular formula is C22H27N3O3S. The SMILES string of the molecule is Cc1sc(NC(=O)CCC2CCCCC2)nc1-c1ccc2c(c1)NC(=O)[C@@H](C)O2. The Balaban J connectivity index is 1.42. The summed E-state index contributed by atoms with van der Waals surface area (Å²) in [6.07, 6.45) is 7.46. The van der Waals surface area contributed by atoms with Crippen LogP contribution in [0.25, 0.3) is 11.3 Å². The predicted molar refractivity (Wildman–Crippen MR) is 115 cm³/mol. The molecule has 154 valence electrons. The Morgan fingerprint density at radius 2 is 2.10 bits per heavy atom. The summed E-state index contributed by atoms with van der Waals surface area (Å²) in [5.41, 5.74) is 2.35. The van der Waals surface area contributed by atoms with Crippen LogP contribution in [-0.4, -0.2) is 22.9 Å². The number of thiazole rings is 1. The first kappa shape index (κ1) is 19.9. The third-order valence-electron chi connectivity index (χ3n) is 5.73. The lowest BCUT2D eigenvalue weighted by Crippen LogP contribution is -2.34. The molecule has 0 radical (unpaired) electrons. The molecule has 6 nitrogen and oxygen atoms in total. The standard InChI is InChI=1S/C22H27N3O3S/c1-13-21(27)23-17-12-16(9-10-18(17)28-13)20-14(2)29-22(25-20)24-19(26)11-8-15-6-4-3-5-7-15/h9-10,12-13,15H,3-8,11H2,1-2H3,(H,23,27)(H,24,25,26)/t13-/m1/s1. The van der Waals surface area contributed by atoms with Gasteiger partial charge in [0.05, 0.1) is 11.4 Å². The minimum absolute atomic E-state index is 0.0379. The van der Waals surface area contributed by atoms with Crippen molar-refractivity contribution in [2.24, 2.45) is 5.92 Å². The molecule has 0 saturated heterocycles. The molecule has 2 amide bonds. The van der Waals surface area contributed by atoms with Crippen LogP contribution in [0.3, 0.4) is 0 Å². The van der Waals surface area contributed by atoms with Crippen LogP contribution < -0.4 is 15.4 Å². The second kappa shape index (κ2) is 8.53. The van der Waals surface area contributed by atoms with Crippen molar-refractivity contribution in [2.45, 2.75) is 64.9 Å². The monoisotopic (exact) mass is 413 g/mol. The molecular weight excluding hydrogens is 386 g/mol. The van der Waals surface area contributed by atoms with Gasteiger partial charge in [0.1, 0.15) is 5.75 Å². The Labute approximate surface area is 175 Å². The normalized spacial score (nSPS) is 19.2. The molecule has 2 aromatic rings. The van der Waals surface area contributed by atoms with Gasteiger partial charge in [0, 0.05) is 16.9 Å². The molecule has 1 atom stereocenters. The van der Waals surface area contributed by atoms with Crippen LogP contribution >= 0.6 is 11.3 Å². The van der Waals surface area contributed by atoms with Crippen molar-refractivity contribution in [2.75, 3.05) is 10.6 Å². The van der Waals surface area contributed by atoms with Gasteiger partial charge in [-0.1, -0.05) is 32.1 Å². The summed E-state index contributed by atoms with van der Waals surface area (Å²) in [5, 5.41) is 6.45. The van der Waals surface area contributed by atoms with Crippen LogP contribution in [0.1, 0.15) is 56.7 Å². The highest BCUT2D eigenvalue weighted by Gasteiger charge is 2.24. The molecule has 1 aromatic heterocycles. The molecule has 1 aromatic carbocycles. The van der Waals surface area contributed by atoms with Crippen LogP contribution in [0.15, 0.2) is 18.2 Å². The Kier molecular flexibility index (Phi) is 5.85. The van der Waals surface area contributed by atoms with Gasteiger partial charge in [-0.15, -0.1) is 11.3 Å². The number of benzene rings is 1. The van der Waals surface area contributed by atoms with E-state index in [4.69, 9.17) is 4.74 Å². The molecule has 1 saturated carbocycles. The maximum atomic E-state index is 12.4. The molecule has 29 heavy (non-hydrogen) atoms. The van der Waals surface area contributed by atoms with E-state index in [-0.39, 0.29) is 11.8 Å². The van der Waals surface area contributed by atoms with Crippen molar-refractivity contribution < 1.29 is 14.3 Å². The second-order valence-corrected chi connectivity index (χ2v) is 9.18. The highest BCUT2D eigenvalue weighted by atomic mass is 32.1. The summed E-state index contributed by atoms with van der Waals surface area (Å²) in [7, 11) is 0. The summed E-state index contributed by atoms with van der Waals surface area (Å²) in [5.74, 6) is 1.23. The summed E-state index contributed by atoms with van der Waals surface area (Å²) >= 11 is 1.48. The van der Waals surface area contributed by atoms with Crippen LogP contribution in [-0.2, 0) is 9.59 Å². The molecule has 1 aliphatic heterocycles. The van der Waals surface area contributed by atoms with Crippen molar-refractivity contribution in [3.63, 3.8) is 0 Å². The number of ether oxygens (including phenoxy) is 1. The zero-order valence-corrected chi connectivity index (χ0v) is 17.7. The summed E-state index contributed by atoms with van der Waals surface area (Å²) in [4.78, 5) is 29.9. The molecule has 2 N–H and O–H groups in total. The van der Waals surface area contributed by atoms with Gasteiger partial charge in [0.2, 0.25) is 5.91 Å². The lowest BCUT2D eigenvalue weighted by Gasteiger charge is -2.23. The van der Waals surface area contributed by atoms with Crippen molar-refractivity contribution in [1.82, 2.24) is 4.98 Å². The van der Waals surface area contributed by atoms with Crippen molar-refractivity contribution in [1.29, 1.82) is 0 Å². The number of hydrogen-bond acceptors (Lipinski definition) is 5. The van der Waals surface area contributed by atoms with Crippen LogP contribution in [0.5, 0.6) is 5.75 Å². The van der Waals surface area contributed by atoms with Gasteiger partial charge in [-0.2, -0.15) is 0 Å². The zero-order chi connectivity index (χ0) is 20.4. The van der Waals surface area contributed by atoms with E-state index < -0.39 is 6.10 Å². The van der Waals surface area contributed by atoms with E-state index in [9.17, 15) is 9.59 Å². The summed E-state index contributed by atoms with van der Waals surface area (Å²) < 4.78 is 5.61. The first-order valence-electron chi connectivity index (χ1n) is 10.4. The van der Waals surface area contributed by atoms with E-state index in [1.807, 2.05) is 25.1 Å². The maximum Gasteiger partial charge on any atom is 0.265 e. The molecule has 4 rings (SSSR count). The fourth-order valence-corrected chi connectivity index (χ4v) is 4.92. The zero-order valence-electron chi connectivity index (χ0n) is 16.9. The number of nitrogens with zero attached hydrogens (tertiary/aromatic N) is 1. The van der Waals surface area contributed by atoms with Crippen molar-refractivity contribution in [3.05, 3.63) is 23.1 Å². The van der Waals surface area contributed by atoms with E-state index in [1.165, 1.54) is 43.4 Å². The predicted octanol–water partition coefficient (Wildman–Crippen LogP) is 5.14. The Morgan fingerprint density at radius 1 is 1.31 bits per heavy atom. The third-order valence-corrected chi connectivity index (χ3v) is 6.62. The topological polar surface area (TPSA) is 80.3 Å². The summed E-state index contributed by atoms with van der Waals surface area (Å²) in [6.45, 7) is 3.71. The smallest absolute Gasteiger partial charge is 0.265 e. The second-order valence-electron chi connectivity index (χ2n) is 7.97. The van der Waals surface area contributed by atoms with E-state index in [0.717, 1.165) is 22.6 Å². The molecule has 2 aliphatic rings. The number of aromatic nitrogens is 1. The van der Waals surface area contributed by atoms with Gasteiger partial charge >= 0.3 is 0 Å². The van der Waals surface area contributed by atoms with E-state index in [2.05, 4.69) is 15.6 Å². The molecule has 0 spiro atoms. The number of amides is 2. The first-order valence-corrected chi connectivity index (χ1v) is 11.2. The number of aryl methyl sites for hydroxylation is 1. The van der Waals surface area contributed by atoms with Gasteiger partial charge in [0.25, 0.3) is 5.91 Å². The third kappa shape index (κ3) is 4.61. The number of anilines is 2. The number of carbonyl (C=O) groups is 2. The van der Waals surface area contributed by atoms with Gasteiger partial charge in [-0.25, -0.2) is 4.98 Å². The number of carbonyl (C=O) groups excluding carboxylic acids is 2. The molecule has 0 bridgehead atoms. The lowest BCUT2D eigenvalue weighted by atomic mass is 9.86. The fourth-order valence-electron chi connectivity index (χ4n) is 4.07. The quantitative estimate of drug-likeness (QED) is 0.711. The first-order chi connectivity index (χ1) is 14.0. The van der Waals surface area contributed by atoms with E-state index >= 15 is 0 Å². The number of hydrogen-bond donors (Lipinski definition) is 2. The average molecular weight is 414 g/mol. The summed E-state index contributed by atoms with van der Waals surface area (Å²) in [6, 6.07) is 5.65. The van der Waals surface area contributed by atoms with E-state index in [0.29, 0.717) is 28.9 Å². The Hall–Kier alpha value is -2.41. The number of fused-ring (bicyclic) bond motifs is 1. The average Bonchev–Trinajstić information content (AvgIpc) is 3.07.